The van der Waals surface area contributed by atoms with Gasteiger partial charge < -0.3 is 81.1 Å². The average Bonchev–Trinajstić information content (AvgIpc) is 2.73. The van der Waals surface area contributed by atoms with E-state index >= 15 is 0 Å². The number of carbonyl (C=O) groups excluding carboxylic acids is 2. The molecule has 0 aromatic heterocycles. The van der Waals surface area contributed by atoms with E-state index in [-0.39, 0.29) is 37.7 Å². The Morgan fingerprint density at radius 1 is 0.516 bits per heavy atom. The number of carboxylic acid groups (broad SMARTS) is 2. The molecule has 0 aromatic rings. The van der Waals surface area contributed by atoms with Gasteiger partial charge in [-0.3, -0.25) is 0 Å². The van der Waals surface area contributed by atoms with Gasteiger partial charge in [-0.1, -0.05) is 0 Å². The van der Waals surface area contributed by atoms with Crippen LogP contribution in [0.4, 0.5) is 0 Å². The molecular formula is C14H26CaO16. The fourth-order valence-electron chi connectivity index (χ4n) is 1.73. The summed E-state index contributed by atoms with van der Waals surface area (Å²) in [7, 11) is 0. The van der Waals surface area contributed by atoms with Gasteiger partial charge in [0.15, 0.2) is 0 Å². The number of hydrogen-bond acceptors (Lipinski definition) is 16. The van der Waals surface area contributed by atoms with Crippen LogP contribution in [0.2, 0.25) is 0 Å². The molecule has 0 fully saturated rings. The first-order valence-electron chi connectivity index (χ1n) is 8.09. The molecule has 0 spiro atoms. The standard InChI is InChI=1S/2C7H14O8.Ca/c2*8-1-2(9)3(10)4(11)5(12)6(13)7(14)15;/h2*2-6,8-13H,1H2,(H,14,15);/q;;+2/p-2/t2*2-,3+,4-,5+,6-;/m00./s1. The monoisotopic (exact) mass is 490 g/mol. The minimum Gasteiger partial charge on any atom is -0.547 e. The van der Waals surface area contributed by atoms with Crippen molar-refractivity contribution in [1.29, 1.82) is 0 Å². The number of aliphatic hydroxyl groups is 12. The first-order valence-corrected chi connectivity index (χ1v) is 8.09. The van der Waals surface area contributed by atoms with Crippen LogP contribution in [-0.2, 0) is 9.59 Å². The molecule has 0 radical (unpaired) electrons. The van der Waals surface area contributed by atoms with Crippen molar-refractivity contribution in [3.05, 3.63) is 0 Å². The molecule has 180 valence electrons. The van der Waals surface area contributed by atoms with E-state index < -0.39 is 86.2 Å². The van der Waals surface area contributed by atoms with E-state index in [4.69, 9.17) is 61.3 Å². The molecule has 16 nitrogen and oxygen atoms in total. The van der Waals surface area contributed by atoms with E-state index in [0.29, 0.717) is 0 Å². The van der Waals surface area contributed by atoms with Crippen molar-refractivity contribution in [3.63, 3.8) is 0 Å². The van der Waals surface area contributed by atoms with Crippen LogP contribution in [0.5, 0.6) is 0 Å². The summed E-state index contributed by atoms with van der Waals surface area (Å²) in [6.45, 7) is -1.79. The van der Waals surface area contributed by atoms with Crippen molar-refractivity contribution >= 4 is 49.7 Å². The molecule has 0 amide bonds. The fraction of sp³-hybridized carbons (Fsp3) is 0.857. The number of rotatable bonds is 12. The predicted molar refractivity (Wildman–Crippen MR) is 90.0 cm³/mol. The maximum atomic E-state index is 10.1. The molecule has 12 N–H and O–H groups in total. The molecule has 0 bridgehead atoms. The number of hydrogen-bond donors (Lipinski definition) is 12. The summed E-state index contributed by atoms with van der Waals surface area (Å²) in [5.41, 5.74) is 0. The summed E-state index contributed by atoms with van der Waals surface area (Å²) in [5, 5.41) is 126. The Bertz CT molecular complexity index is 465. The summed E-state index contributed by atoms with van der Waals surface area (Å²) in [5.74, 6) is -4.07. The molecule has 31 heavy (non-hydrogen) atoms. The van der Waals surface area contributed by atoms with Crippen molar-refractivity contribution in [2.45, 2.75) is 61.0 Å². The Labute approximate surface area is 204 Å². The van der Waals surface area contributed by atoms with Crippen molar-refractivity contribution < 1.29 is 81.1 Å². The van der Waals surface area contributed by atoms with Gasteiger partial charge >= 0.3 is 37.7 Å². The zero-order valence-corrected chi connectivity index (χ0v) is 18.1. The normalized spacial score (nSPS) is 20.8. The summed E-state index contributed by atoms with van der Waals surface area (Å²) >= 11 is 0. The molecule has 0 rings (SSSR count). The third-order valence-electron chi connectivity index (χ3n) is 3.69. The number of carbonyl (C=O) groups is 2. The second-order valence-electron chi connectivity index (χ2n) is 5.97. The molecule has 10 atom stereocenters. The van der Waals surface area contributed by atoms with Gasteiger partial charge in [0.2, 0.25) is 0 Å². The van der Waals surface area contributed by atoms with Gasteiger partial charge in [0.05, 0.1) is 25.2 Å². The quantitative estimate of drug-likeness (QED) is 0.113. The molecular weight excluding hydrogens is 464 g/mol. The Hall–Kier alpha value is -0.280. The van der Waals surface area contributed by atoms with Crippen LogP contribution in [0.1, 0.15) is 0 Å². The Morgan fingerprint density at radius 2 is 0.742 bits per heavy atom. The summed E-state index contributed by atoms with van der Waals surface area (Å²) < 4.78 is 0. The van der Waals surface area contributed by atoms with E-state index in [2.05, 4.69) is 0 Å². The summed E-state index contributed by atoms with van der Waals surface area (Å²) in [6, 6.07) is 0. The van der Waals surface area contributed by atoms with Crippen molar-refractivity contribution in [1.82, 2.24) is 0 Å². The Morgan fingerprint density at radius 3 is 0.903 bits per heavy atom. The topological polar surface area (TPSA) is 323 Å². The molecule has 0 saturated carbocycles. The van der Waals surface area contributed by atoms with Crippen LogP contribution in [0.3, 0.4) is 0 Å². The fourth-order valence-corrected chi connectivity index (χ4v) is 1.73. The molecule has 0 saturated heterocycles. The molecule has 17 heteroatoms. The SMILES string of the molecule is O=C([O-])[C@@H](O)[C@H](O)[C@@H](O)[C@H](O)[C@@H](O)CO.O=C([O-])[C@@H](O)[C@H](O)[C@@H](O)[C@H](O)[C@@H](O)CO.[Ca+2]. The number of carboxylic acids is 2. The molecule has 0 heterocycles. The minimum absolute atomic E-state index is 0. The molecule has 0 aliphatic carbocycles. The van der Waals surface area contributed by atoms with Crippen LogP contribution < -0.4 is 10.2 Å². The third kappa shape index (κ3) is 11.9. The van der Waals surface area contributed by atoms with Gasteiger partial charge in [-0.15, -0.1) is 0 Å². The van der Waals surface area contributed by atoms with Gasteiger partial charge in [0.1, 0.15) is 61.0 Å². The second kappa shape index (κ2) is 17.2. The van der Waals surface area contributed by atoms with E-state index in [1.807, 2.05) is 0 Å². The molecule has 0 aliphatic heterocycles. The maximum Gasteiger partial charge on any atom is 2.00 e. The van der Waals surface area contributed by atoms with Gasteiger partial charge in [-0.2, -0.15) is 0 Å². The Balaban J connectivity index is -0.000000490. The molecule has 0 aliphatic rings. The van der Waals surface area contributed by atoms with Crippen LogP contribution >= 0.6 is 0 Å². The minimum atomic E-state index is -2.40. The summed E-state index contributed by atoms with van der Waals surface area (Å²) in [6.07, 6.45) is -21.0. The van der Waals surface area contributed by atoms with E-state index in [0.717, 1.165) is 0 Å². The van der Waals surface area contributed by atoms with Crippen molar-refractivity contribution in [2.75, 3.05) is 13.2 Å². The van der Waals surface area contributed by atoms with Crippen LogP contribution in [-0.4, -0.2) is 185 Å². The van der Waals surface area contributed by atoms with E-state index in [1.165, 1.54) is 0 Å². The zero-order valence-electron chi connectivity index (χ0n) is 15.9. The first-order chi connectivity index (χ1) is 13.6. The van der Waals surface area contributed by atoms with Gasteiger partial charge in [-0.05, 0) is 0 Å². The second-order valence-corrected chi connectivity index (χ2v) is 5.97. The molecule has 0 unspecified atom stereocenters. The average molecular weight is 490 g/mol. The first kappa shape index (κ1) is 35.3. The summed E-state index contributed by atoms with van der Waals surface area (Å²) in [4.78, 5) is 20.2. The van der Waals surface area contributed by atoms with Crippen LogP contribution in [0, 0.1) is 0 Å². The number of aliphatic hydroxyl groups excluding tert-OH is 12. The van der Waals surface area contributed by atoms with Gasteiger partial charge in [-0.25, -0.2) is 0 Å². The Kier molecular flexibility index (Phi) is 19.6. The predicted octanol–water partition coefficient (Wildman–Crippen LogP) is -11.3. The smallest absolute Gasteiger partial charge is 0.547 e. The van der Waals surface area contributed by atoms with E-state index in [1.54, 1.807) is 0 Å². The number of aliphatic carboxylic acids is 2. The largest absolute Gasteiger partial charge is 2.00 e. The maximum absolute atomic E-state index is 10.1. The van der Waals surface area contributed by atoms with Crippen molar-refractivity contribution in [2.24, 2.45) is 0 Å². The van der Waals surface area contributed by atoms with Gasteiger partial charge in [0.25, 0.3) is 0 Å². The third-order valence-corrected chi connectivity index (χ3v) is 3.69. The molecule has 0 aromatic carbocycles. The van der Waals surface area contributed by atoms with Crippen molar-refractivity contribution in [3.8, 4) is 0 Å². The van der Waals surface area contributed by atoms with Gasteiger partial charge in [0, 0.05) is 0 Å². The van der Waals surface area contributed by atoms with E-state index in [9.17, 15) is 19.8 Å². The van der Waals surface area contributed by atoms with Crippen LogP contribution in [0.15, 0.2) is 0 Å². The zero-order chi connectivity index (χ0) is 24.3. The van der Waals surface area contributed by atoms with Crippen LogP contribution in [0.25, 0.3) is 0 Å².